The Bertz CT molecular complexity index is 1430. The molecule has 11 heteroatoms. The molecular weight excluding hydrogens is 510 g/mol. The summed E-state index contributed by atoms with van der Waals surface area (Å²) in [5, 5.41) is 20.4. The number of ether oxygens (including phenoxy) is 2. The molecule has 194 valence electrons. The average Bonchev–Trinajstić information content (AvgIpc) is 3.16. The molecule has 0 radical (unpaired) electrons. The largest absolute Gasteiger partial charge is 0.490 e. The van der Waals surface area contributed by atoms with Crippen molar-refractivity contribution in [1.29, 1.82) is 0 Å². The van der Waals surface area contributed by atoms with Gasteiger partial charge in [-0.25, -0.2) is 9.79 Å². The molecule has 1 heterocycles. The molecule has 38 heavy (non-hydrogen) atoms. The van der Waals surface area contributed by atoms with Gasteiger partial charge >= 0.3 is 5.97 Å². The maximum absolute atomic E-state index is 12.8. The Morgan fingerprint density at radius 2 is 1.79 bits per heavy atom. The van der Waals surface area contributed by atoms with E-state index in [1.54, 1.807) is 55.6 Å². The first-order valence-electron chi connectivity index (χ1n) is 11.5. The highest BCUT2D eigenvalue weighted by Crippen LogP contribution is 2.35. The van der Waals surface area contributed by atoms with Gasteiger partial charge in [-0.2, -0.15) is 0 Å². The number of aliphatic imine (C=N–C) groups is 1. The lowest BCUT2D eigenvalue weighted by molar-refractivity contribution is -0.384. The fraction of sp³-hybridized carbons (Fsp3) is 0.148. The fourth-order valence-corrected chi connectivity index (χ4v) is 4.46. The molecule has 1 fully saturated rings. The molecule has 0 unspecified atom stereocenters. The predicted molar refractivity (Wildman–Crippen MR) is 144 cm³/mol. The van der Waals surface area contributed by atoms with Crippen molar-refractivity contribution < 1.29 is 29.1 Å². The number of nitro groups is 1. The first kappa shape index (κ1) is 26.4. The maximum atomic E-state index is 12.8. The average molecular weight is 534 g/mol. The van der Waals surface area contributed by atoms with Gasteiger partial charge in [0.2, 0.25) is 0 Å². The number of rotatable bonds is 9. The third kappa shape index (κ3) is 6.19. The molecular formula is C27H23N3O7S. The summed E-state index contributed by atoms with van der Waals surface area (Å²) >= 11 is 1.21. The summed E-state index contributed by atoms with van der Waals surface area (Å²) in [6.45, 7) is 2.45. The number of carboxylic acids is 1. The van der Waals surface area contributed by atoms with Crippen LogP contribution in [0.4, 0.5) is 11.4 Å². The fourth-order valence-electron chi connectivity index (χ4n) is 3.47. The molecule has 0 spiro atoms. The van der Waals surface area contributed by atoms with Gasteiger partial charge in [-0.15, -0.1) is 0 Å². The van der Waals surface area contributed by atoms with Gasteiger partial charge in [0, 0.05) is 19.2 Å². The van der Waals surface area contributed by atoms with E-state index in [9.17, 15) is 19.7 Å². The van der Waals surface area contributed by atoms with E-state index in [0.29, 0.717) is 33.9 Å². The quantitative estimate of drug-likeness (QED) is 0.217. The van der Waals surface area contributed by atoms with Gasteiger partial charge in [0.05, 0.1) is 27.7 Å². The maximum Gasteiger partial charge on any atom is 0.335 e. The van der Waals surface area contributed by atoms with Crippen LogP contribution in [0.2, 0.25) is 0 Å². The summed E-state index contributed by atoms with van der Waals surface area (Å²) in [6, 6.07) is 17.5. The van der Waals surface area contributed by atoms with E-state index in [0.717, 1.165) is 11.1 Å². The minimum Gasteiger partial charge on any atom is -0.490 e. The highest BCUT2D eigenvalue weighted by molar-refractivity contribution is 8.18. The molecule has 3 aromatic carbocycles. The smallest absolute Gasteiger partial charge is 0.335 e. The number of carbonyl (C=O) groups excluding carboxylic acids is 1. The zero-order valence-electron chi connectivity index (χ0n) is 20.5. The Labute approximate surface area is 222 Å². The predicted octanol–water partition coefficient (Wildman–Crippen LogP) is 5.50. The number of hydrogen-bond acceptors (Lipinski definition) is 8. The molecule has 1 N–H and O–H groups in total. The lowest BCUT2D eigenvalue weighted by Crippen LogP contribution is -2.23. The Morgan fingerprint density at radius 1 is 1.08 bits per heavy atom. The molecule has 3 aromatic rings. The first-order valence-corrected chi connectivity index (χ1v) is 12.3. The van der Waals surface area contributed by atoms with E-state index in [1.165, 1.54) is 40.9 Å². The molecule has 1 saturated heterocycles. The number of nitro benzene ring substituents is 1. The van der Waals surface area contributed by atoms with Crippen LogP contribution in [-0.4, -0.2) is 45.6 Å². The zero-order chi connectivity index (χ0) is 27.2. The van der Waals surface area contributed by atoms with E-state index in [1.807, 2.05) is 6.92 Å². The van der Waals surface area contributed by atoms with Gasteiger partial charge in [-0.1, -0.05) is 6.07 Å². The molecule has 0 atom stereocenters. The van der Waals surface area contributed by atoms with Crippen LogP contribution >= 0.6 is 11.8 Å². The number of hydrogen-bond donors (Lipinski definition) is 1. The normalized spacial score (nSPS) is 15.2. The molecule has 4 rings (SSSR count). The van der Waals surface area contributed by atoms with Crippen LogP contribution in [0, 0.1) is 10.1 Å². The van der Waals surface area contributed by atoms with Crippen molar-refractivity contribution in [3.63, 3.8) is 0 Å². The number of carboxylic acid groups (broad SMARTS) is 1. The van der Waals surface area contributed by atoms with Crippen LogP contribution in [0.5, 0.6) is 11.5 Å². The first-order chi connectivity index (χ1) is 18.2. The number of non-ortho nitro benzene ring substituents is 1. The number of amidine groups is 1. The van der Waals surface area contributed by atoms with Crippen LogP contribution < -0.4 is 9.47 Å². The minimum absolute atomic E-state index is 0.00964. The third-order valence-corrected chi connectivity index (χ3v) is 6.51. The van der Waals surface area contributed by atoms with Gasteiger partial charge < -0.3 is 14.6 Å². The molecule has 0 aliphatic carbocycles. The van der Waals surface area contributed by atoms with Crippen LogP contribution in [0.3, 0.4) is 0 Å². The van der Waals surface area contributed by atoms with Crippen LogP contribution in [0.25, 0.3) is 6.08 Å². The summed E-state index contributed by atoms with van der Waals surface area (Å²) in [6.07, 6.45) is 1.74. The van der Waals surface area contributed by atoms with Crippen LogP contribution in [-0.2, 0) is 11.4 Å². The lowest BCUT2D eigenvalue weighted by Gasteiger charge is -2.13. The van der Waals surface area contributed by atoms with Crippen molar-refractivity contribution >= 4 is 46.3 Å². The van der Waals surface area contributed by atoms with Gasteiger partial charge in [-0.05, 0) is 84.4 Å². The molecule has 0 saturated carbocycles. The Balaban J connectivity index is 1.50. The number of amides is 1. The van der Waals surface area contributed by atoms with E-state index >= 15 is 0 Å². The molecule has 1 amide bonds. The molecule has 0 aromatic heterocycles. The zero-order valence-corrected chi connectivity index (χ0v) is 21.3. The van der Waals surface area contributed by atoms with E-state index in [2.05, 4.69) is 4.99 Å². The monoisotopic (exact) mass is 533 g/mol. The van der Waals surface area contributed by atoms with E-state index in [-0.39, 0.29) is 23.8 Å². The minimum atomic E-state index is -1.02. The Kier molecular flexibility index (Phi) is 8.07. The van der Waals surface area contributed by atoms with E-state index < -0.39 is 10.9 Å². The van der Waals surface area contributed by atoms with Crippen LogP contribution in [0.15, 0.2) is 76.6 Å². The standard InChI is InChI=1S/C27H23N3O7S/c1-3-36-23-14-18(6-13-22(23)37-16-17-4-11-21(12-5-17)30(34)35)15-24-25(31)29(2)27(38-24)28-20-9-7-19(8-10-20)26(32)33/h4-15H,3,16H2,1-2H3,(H,32,33)/b24-15-,28-27?. The number of thioether (sulfide) groups is 1. The third-order valence-electron chi connectivity index (χ3n) is 5.45. The summed E-state index contributed by atoms with van der Waals surface area (Å²) in [4.78, 5) is 40.7. The second kappa shape index (κ2) is 11.6. The molecule has 1 aliphatic rings. The van der Waals surface area contributed by atoms with Crippen LogP contribution in [0.1, 0.15) is 28.4 Å². The number of nitrogens with zero attached hydrogens (tertiary/aromatic N) is 3. The number of carbonyl (C=O) groups is 2. The summed E-state index contributed by atoms with van der Waals surface area (Å²) in [7, 11) is 1.63. The van der Waals surface area contributed by atoms with Crippen molar-refractivity contribution in [3.8, 4) is 11.5 Å². The topological polar surface area (TPSA) is 132 Å². The van der Waals surface area contributed by atoms with Crippen molar-refractivity contribution in [1.82, 2.24) is 4.90 Å². The van der Waals surface area contributed by atoms with Gasteiger partial charge in [0.15, 0.2) is 16.7 Å². The number of benzene rings is 3. The summed E-state index contributed by atoms with van der Waals surface area (Å²) in [5.41, 5.74) is 2.20. The highest BCUT2D eigenvalue weighted by Gasteiger charge is 2.30. The Hall–Kier alpha value is -4.64. The second-order valence-corrected chi connectivity index (χ2v) is 9.08. The van der Waals surface area contributed by atoms with Gasteiger partial charge in [0.1, 0.15) is 6.61 Å². The SMILES string of the molecule is CCOc1cc(/C=C2\SC(=Nc3ccc(C(=O)O)cc3)N(C)C2=O)ccc1OCc1ccc([N+](=O)[O-])cc1. The summed E-state index contributed by atoms with van der Waals surface area (Å²) < 4.78 is 11.6. The molecule has 0 bridgehead atoms. The lowest BCUT2D eigenvalue weighted by atomic mass is 10.1. The van der Waals surface area contributed by atoms with Crippen molar-refractivity contribution in [2.24, 2.45) is 4.99 Å². The van der Waals surface area contributed by atoms with Gasteiger partial charge in [0.25, 0.3) is 11.6 Å². The highest BCUT2D eigenvalue weighted by atomic mass is 32.2. The second-order valence-electron chi connectivity index (χ2n) is 8.07. The molecule has 1 aliphatic heterocycles. The number of likely N-dealkylation sites (N-methyl/N-ethyl adjacent to an activating group) is 1. The van der Waals surface area contributed by atoms with Crippen molar-refractivity contribution in [2.45, 2.75) is 13.5 Å². The van der Waals surface area contributed by atoms with Gasteiger partial charge in [-0.3, -0.25) is 19.8 Å². The van der Waals surface area contributed by atoms with Crippen molar-refractivity contribution in [2.75, 3.05) is 13.7 Å². The molecule has 10 nitrogen and oxygen atoms in total. The van der Waals surface area contributed by atoms with Crippen molar-refractivity contribution in [3.05, 3.63) is 98.4 Å². The number of aromatic carboxylic acids is 1. The Morgan fingerprint density at radius 3 is 2.42 bits per heavy atom. The summed E-state index contributed by atoms with van der Waals surface area (Å²) in [5.74, 6) is -0.236. The van der Waals surface area contributed by atoms with E-state index in [4.69, 9.17) is 14.6 Å².